The maximum absolute atomic E-state index is 12.8. The first-order valence-corrected chi connectivity index (χ1v) is 10.5. The standard InChI is InChI=1S/C19H16ClN3O3S/c1-12-5-2-3-8-15(12)19(24)21-18-16-10-27(25,26)11-17(16)22-23(18)14-7-4-6-13(20)9-14/h2-9H,10-11H2,1H3,(H,21,24). The molecule has 8 heteroatoms. The number of nitrogens with one attached hydrogen (secondary N) is 1. The van der Waals surface area contributed by atoms with Crippen LogP contribution in [0.1, 0.15) is 27.2 Å². The van der Waals surface area contributed by atoms with Gasteiger partial charge in [0.15, 0.2) is 9.84 Å². The summed E-state index contributed by atoms with van der Waals surface area (Å²) in [6.07, 6.45) is 0. The van der Waals surface area contributed by atoms with Crippen molar-refractivity contribution in [3.63, 3.8) is 0 Å². The molecule has 1 aromatic heterocycles. The number of aryl methyl sites for hydroxylation is 1. The molecule has 0 saturated carbocycles. The number of sulfone groups is 1. The molecule has 3 aromatic rings. The van der Waals surface area contributed by atoms with E-state index >= 15 is 0 Å². The number of hydrogen-bond acceptors (Lipinski definition) is 4. The summed E-state index contributed by atoms with van der Waals surface area (Å²) < 4.78 is 25.6. The highest BCUT2D eigenvalue weighted by atomic mass is 35.5. The smallest absolute Gasteiger partial charge is 0.257 e. The number of aromatic nitrogens is 2. The first-order chi connectivity index (χ1) is 12.8. The van der Waals surface area contributed by atoms with Crippen molar-refractivity contribution in [3.05, 3.63) is 75.9 Å². The molecule has 0 atom stereocenters. The molecule has 0 spiro atoms. The Hall–Kier alpha value is -2.64. The second-order valence-corrected chi connectivity index (χ2v) is 8.97. The van der Waals surface area contributed by atoms with Crippen molar-refractivity contribution >= 4 is 33.2 Å². The Balaban J connectivity index is 1.81. The lowest BCUT2D eigenvalue weighted by atomic mass is 10.1. The van der Waals surface area contributed by atoms with Gasteiger partial charge in [-0.1, -0.05) is 35.9 Å². The van der Waals surface area contributed by atoms with E-state index in [0.717, 1.165) is 5.56 Å². The average Bonchev–Trinajstić information content (AvgIpc) is 3.08. The molecule has 0 unspecified atom stereocenters. The van der Waals surface area contributed by atoms with Crippen LogP contribution in [0, 0.1) is 6.92 Å². The fourth-order valence-corrected chi connectivity index (χ4v) is 4.85. The zero-order chi connectivity index (χ0) is 19.2. The monoisotopic (exact) mass is 401 g/mol. The van der Waals surface area contributed by atoms with Gasteiger partial charge in [0.2, 0.25) is 0 Å². The van der Waals surface area contributed by atoms with Gasteiger partial charge in [0, 0.05) is 16.1 Å². The van der Waals surface area contributed by atoms with Gasteiger partial charge < -0.3 is 5.32 Å². The lowest BCUT2D eigenvalue weighted by Gasteiger charge is -2.12. The van der Waals surface area contributed by atoms with Crippen LogP contribution in [0.2, 0.25) is 5.02 Å². The number of rotatable bonds is 3. The minimum absolute atomic E-state index is 0.136. The van der Waals surface area contributed by atoms with Gasteiger partial charge in [-0.2, -0.15) is 5.10 Å². The van der Waals surface area contributed by atoms with Gasteiger partial charge in [0.1, 0.15) is 5.82 Å². The van der Waals surface area contributed by atoms with Crippen LogP contribution in [0.5, 0.6) is 0 Å². The fraction of sp³-hybridized carbons (Fsp3) is 0.158. The zero-order valence-electron chi connectivity index (χ0n) is 14.4. The van der Waals surface area contributed by atoms with E-state index < -0.39 is 9.84 Å². The molecule has 1 N–H and O–H groups in total. The number of carbonyl (C=O) groups is 1. The largest absolute Gasteiger partial charge is 0.306 e. The number of hydrogen-bond donors (Lipinski definition) is 1. The van der Waals surface area contributed by atoms with Crippen molar-refractivity contribution < 1.29 is 13.2 Å². The Morgan fingerprint density at radius 3 is 2.67 bits per heavy atom. The molecule has 1 amide bonds. The lowest BCUT2D eigenvalue weighted by Crippen LogP contribution is -2.17. The predicted octanol–water partition coefficient (Wildman–Crippen LogP) is 3.51. The molecule has 0 radical (unpaired) electrons. The summed E-state index contributed by atoms with van der Waals surface area (Å²) in [6.45, 7) is 1.85. The third-order valence-corrected chi connectivity index (χ3v) is 6.14. The molecule has 6 nitrogen and oxygen atoms in total. The SMILES string of the molecule is Cc1ccccc1C(=O)Nc1c2c(nn1-c1cccc(Cl)c1)CS(=O)(=O)C2. The summed E-state index contributed by atoms with van der Waals surface area (Å²) in [6, 6.07) is 14.2. The number of amides is 1. The van der Waals surface area contributed by atoms with Crippen molar-refractivity contribution in [1.29, 1.82) is 0 Å². The van der Waals surface area contributed by atoms with E-state index in [4.69, 9.17) is 11.6 Å². The van der Waals surface area contributed by atoms with Crippen LogP contribution < -0.4 is 5.32 Å². The average molecular weight is 402 g/mol. The van der Waals surface area contributed by atoms with Gasteiger partial charge >= 0.3 is 0 Å². The summed E-state index contributed by atoms with van der Waals surface area (Å²) in [4.78, 5) is 12.8. The van der Waals surface area contributed by atoms with Gasteiger partial charge in [-0.05, 0) is 36.8 Å². The first-order valence-electron chi connectivity index (χ1n) is 8.28. The van der Waals surface area contributed by atoms with Crippen molar-refractivity contribution in [2.45, 2.75) is 18.4 Å². The lowest BCUT2D eigenvalue weighted by molar-refractivity contribution is 0.102. The highest BCUT2D eigenvalue weighted by Gasteiger charge is 2.33. The van der Waals surface area contributed by atoms with Gasteiger partial charge in [-0.25, -0.2) is 13.1 Å². The highest BCUT2D eigenvalue weighted by molar-refractivity contribution is 7.90. The third-order valence-electron chi connectivity index (χ3n) is 4.46. The Bertz CT molecular complexity index is 1170. The number of fused-ring (bicyclic) bond motifs is 1. The summed E-state index contributed by atoms with van der Waals surface area (Å²) in [5.74, 6) is -0.236. The molecule has 27 heavy (non-hydrogen) atoms. The Morgan fingerprint density at radius 2 is 1.93 bits per heavy atom. The Labute approximate surface area is 161 Å². The fourth-order valence-electron chi connectivity index (χ4n) is 3.17. The number of halogens is 1. The normalized spacial score (nSPS) is 14.7. The second kappa shape index (κ2) is 6.51. The van der Waals surface area contributed by atoms with Crippen molar-refractivity contribution in [3.8, 4) is 5.69 Å². The molecule has 1 aliphatic heterocycles. The van der Waals surface area contributed by atoms with Crippen LogP contribution in [0.25, 0.3) is 5.69 Å². The Morgan fingerprint density at radius 1 is 1.15 bits per heavy atom. The third kappa shape index (κ3) is 3.36. The molecule has 0 bridgehead atoms. The summed E-state index contributed by atoms with van der Waals surface area (Å²) >= 11 is 6.08. The topological polar surface area (TPSA) is 81.1 Å². The number of carbonyl (C=O) groups excluding carboxylic acids is 1. The molecule has 0 saturated heterocycles. The van der Waals surface area contributed by atoms with E-state index in [9.17, 15) is 13.2 Å². The molecule has 1 aliphatic rings. The number of benzene rings is 2. The van der Waals surface area contributed by atoms with Gasteiger partial charge in [-0.15, -0.1) is 0 Å². The predicted molar refractivity (Wildman–Crippen MR) is 104 cm³/mol. The van der Waals surface area contributed by atoms with E-state index in [0.29, 0.717) is 33.3 Å². The van der Waals surface area contributed by atoms with Crippen LogP contribution in [-0.2, 0) is 21.3 Å². The van der Waals surface area contributed by atoms with E-state index in [1.807, 2.05) is 19.1 Å². The van der Waals surface area contributed by atoms with Crippen LogP contribution >= 0.6 is 11.6 Å². The van der Waals surface area contributed by atoms with Crippen molar-refractivity contribution in [2.75, 3.05) is 5.32 Å². The summed E-state index contributed by atoms with van der Waals surface area (Å²) in [7, 11) is -3.25. The molecular formula is C19H16ClN3O3S. The molecular weight excluding hydrogens is 386 g/mol. The van der Waals surface area contributed by atoms with E-state index in [1.165, 1.54) is 0 Å². The van der Waals surface area contributed by atoms with Crippen LogP contribution in [0.3, 0.4) is 0 Å². The number of anilines is 1. The van der Waals surface area contributed by atoms with Crippen molar-refractivity contribution in [1.82, 2.24) is 9.78 Å². The van der Waals surface area contributed by atoms with E-state index in [2.05, 4.69) is 10.4 Å². The molecule has 4 rings (SSSR count). The van der Waals surface area contributed by atoms with Crippen LogP contribution in [0.15, 0.2) is 48.5 Å². The summed E-state index contributed by atoms with van der Waals surface area (Å²) in [5.41, 5.74) is 2.97. The molecule has 138 valence electrons. The quantitative estimate of drug-likeness (QED) is 0.728. The van der Waals surface area contributed by atoms with E-state index in [1.54, 1.807) is 41.1 Å². The maximum atomic E-state index is 12.8. The minimum atomic E-state index is -3.25. The van der Waals surface area contributed by atoms with Gasteiger partial charge in [0.25, 0.3) is 5.91 Å². The molecule has 2 aromatic carbocycles. The highest BCUT2D eigenvalue weighted by Crippen LogP contribution is 2.33. The van der Waals surface area contributed by atoms with Crippen molar-refractivity contribution in [2.24, 2.45) is 0 Å². The van der Waals surface area contributed by atoms with E-state index in [-0.39, 0.29) is 17.4 Å². The minimum Gasteiger partial charge on any atom is -0.306 e. The zero-order valence-corrected chi connectivity index (χ0v) is 16.0. The van der Waals surface area contributed by atoms with Crippen LogP contribution in [0.4, 0.5) is 5.82 Å². The summed E-state index contributed by atoms with van der Waals surface area (Å²) in [5, 5.41) is 7.81. The van der Waals surface area contributed by atoms with Crippen LogP contribution in [-0.4, -0.2) is 24.1 Å². The second-order valence-electron chi connectivity index (χ2n) is 6.47. The maximum Gasteiger partial charge on any atom is 0.257 e. The molecule has 0 aliphatic carbocycles. The Kier molecular flexibility index (Phi) is 4.28. The molecule has 2 heterocycles. The first kappa shape index (κ1) is 17.8. The van der Waals surface area contributed by atoms with Gasteiger partial charge in [-0.3, -0.25) is 4.79 Å². The molecule has 0 fully saturated rings. The van der Waals surface area contributed by atoms with Gasteiger partial charge in [0.05, 0.1) is 22.9 Å². The number of nitrogens with zero attached hydrogens (tertiary/aromatic N) is 2.